The van der Waals surface area contributed by atoms with Crippen LogP contribution in [0.4, 0.5) is 0 Å². The molecule has 29 heteroatoms. The van der Waals surface area contributed by atoms with Crippen molar-refractivity contribution in [2.24, 2.45) is 33.2 Å². The van der Waals surface area contributed by atoms with Gasteiger partial charge >= 0.3 is 29.6 Å². The summed E-state index contributed by atoms with van der Waals surface area (Å²) in [5.41, 5.74) is 21.1. The van der Waals surface area contributed by atoms with Crippen LogP contribution in [0.5, 0.6) is 0 Å². The molecule has 1 atom stereocenters. The Balaban J connectivity index is 0.000000157. The number of rotatable bonds is 24. The van der Waals surface area contributed by atoms with Crippen LogP contribution >= 0.6 is 0 Å². The van der Waals surface area contributed by atoms with E-state index in [4.69, 9.17) is 18.9 Å². The van der Waals surface area contributed by atoms with Crippen LogP contribution in [-0.2, 0) is 100.0 Å². The van der Waals surface area contributed by atoms with E-state index in [2.05, 4.69) is 173 Å². The van der Waals surface area contributed by atoms with Gasteiger partial charge in [-0.25, -0.2) is 39.9 Å². The van der Waals surface area contributed by atoms with Crippen molar-refractivity contribution < 1.29 is 59.8 Å². The molecular formula is C82H86BN21NaO6. The van der Waals surface area contributed by atoms with E-state index >= 15 is 0 Å². The molecule has 0 amide bonds. The van der Waals surface area contributed by atoms with Crippen LogP contribution in [-0.4, -0.2) is 129 Å². The second-order valence-electron chi connectivity index (χ2n) is 26.4. The second-order valence-corrected chi connectivity index (χ2v) is 26.4. The van der Waals surface area contributed by atoms with E-state index in [0.717, 1.165) is 129 Å². The Morgan fingerprint density at radius 2 is 0.694 bits per heavy atom. The number of carbonyl (C=O) groups excluding carboxylic acids is 1. The van der Waals surface area contributed by atoms with Crippen LogP contribution in [0.2, 0.25) is 0 Å². The zero-order valence-corrected chi connectivity index (χ0v) is 66.1. The average molecular weight is 1500 g/mol. The molecule has 8 aromatic carbocycles. The van der Waals surface area contributed by atoms with Crippen molar-refractivity contribution in [2.75, 3.05) is 7.05 Å². The molecule has 3 radical (unpaired) electrons. The minimum Gasteiger partial charge on any atom is -1.00 e. The third-order valence-corrected chi connectivity index (χ3v) is 18.5. The van der Waals surface area contributed by atoms with Crippen molar-refractivity contribution in [2.45, 2.75) is 99.5 Å². The van der Waals surface area contributed by atoms with Crippen LogP contribution in [0, 0.1) is 0 Å². The zero-order valence-electron chi connectivity index (χ0n) is 65.1. The monoisotopic (exact) mass is 1490 g/mol. The summed E-state index contributed by atoms with van der Waals surface area (Å²) in [5.74, 6) is 3.72. The number of hydrogen-bond donors (Lipinski definition) is 1. The fraction of sp³-hybridized carbons (Fsp3) is 0.244. The van der Waals surface area contributed by atoms with E-state index in [1.807, 2.05) is 142 Å². The van der Waals surface area contributed by atoms with Crippen LogP contribution in [0.25, 0.3) is 66.9 Å². The van der Waals surface area contributed by atoms with Crippen molar-refractivity contribution in [1.82, 2.24) is 97.3 Å². The molecule has 16 rings (SSSR count). The molecule has 1 N–H and O–H groups in total. The van der Waals surface area contributed by atoms with Crippen molar-refractivity contribution in [1.29, 1.82) is 0 Å². The van der Waals surface area contributed by atoms with Gasteiger partial charge in [0.05, 0.1) is 76.7 Å². The summed E-state index contributed by atoms with van der Waals surface area (Å²) in [6, 6.07) is 57.0. The number of Topliss-reactive ketones (excluding diaryl/α,β-unsaturated/α-hetero) is 1. The Morgan fingerprint density at radius 3 is 0.991 bits per heavy atom. The maximum Gasteiger partial charge on any atom is 1.00 e. The first-order chi connectivity index (χ1) is 53.0. The maximum absolute atomic E-state index is 11.6. The Bertz CT molecular complexity index is 5640. The van der Waals surface area contributed by atoms with Gasteiger partial charge in [0.25, 0.3) is 0 Å². The number of aliphatic imine (C=N–C) groups is 1. The topological polar surface area (TPSA) is 281 Å². The van der Waals surface area contributed by atoms with Crippen molar-refractivity contribution in [3.05, 3.63) is 288 Å². The predicted molar refractivity (Wildman–Crippen MR) is 422 cm³/mol. The third kappa shape index (κ3) is 19.9. The number of aromatic nitrogens is 20. The molecule has 0 fully saturated rings. The van der Waals surface area contributed by atoms with Crippen LogP contribution in [0.3, 0.4) is 0 Å². The van der Waals surface area contributed by atoms with Gasteiger partial charge < -0.3 is 25.5 Å². The number of ketones is 1. The van der Waals surface area contributed by atoms with E-state index in [1.165, 1.54) is 30.9 Å². The average Bonchev–Trinajstić information content (AvgIpc) is 1.65. The maximum atomic E-state index is 11.6. The SMILES string of the molecule is CC(=O)c1ccc2c(c1)ncn2-c1cccc(COCc2ncnn2C)c1.CC(C)c1ccc2c(c1)ncn2-c1cccc(COCc2ncnn2C)c1.CC(O)c1ccc2c(c1)ncn2-c1cccc(COCc2ncnn2C)c1.CN=C(C)c1ccc2c(c1)ncn2-c1cccc(COCc2ncnn2C)c1.[B].[H-].[Na+]. The molecule has 8 aromatic heterocycles. The van der Waals surface area contributed by atoms with Crippen LogP contribution in [0.1, 0.15) is 121 Å². The van der Waals surface area contributed by atoms with Gasteiger partial charge in [0.2, 0.25) is 0 Å². The number of aliphatic hydroxyl groups is 1. The van der Waals surface area contributed by atoms with Gasteiger partial charge in [0.15, 0.2) is 29.1 Å². The van der Waals surface area contributed by atoms with Gasteiger partial charge in [0.1, 0.15) is 77.0 Å². The van der Waals surface area contributed by atoms with Gasteiger partial charge in [-0.15, -0.1) is 0 Å². The number of aryl methyl sites for hydroxylation is 4. The van der Waals surface area contributed by atoms with Gasteiger partial charge in [-0.05, 0) is 169 Å². The molecule has 559 valence electrons. The first-order valence-corrected chi connectivity index (χ1v) is 35.5. The van der Waals surface area contributed by atoms with Gasteiger partial charge in [0, 0.05) is 77.7 Å². The number of hydrogen-bond acceptors (Lipinski definition) is 19. The number of benzene rings is 8. The summed E-state index contributed by atoms with van der Waals surface area (Å²) in [5, 5.41) is 25.9. The standard InChI is InChI=1S/C21H22N6O.C21H23N5O.C20H21N5O2.C20H19N5O2.B.Na.H/c1-15(22-2)17-7-8-20-19(10-17)24-14-27(20)18-6-4-5-16(9-18)11-28-12-21-23-13-25-26(21)3;1-15(2)17-7-8-20-19(10-17)23-14-26(20)18-6-4-5-16(9-18)11-27-12-21-22-13-24-25(21)3;2*1-14(26)16-6-7-19-18(9-16)22-13-25(19)17-5-3-4-15(8-17)10-27-11-20-21-12-23-24(20)2;;;/h4-10,13-14H,11-12H2,1-3H3;4-10,13-15H,11-12H2,1-3H3;3-9,12-14,26H,10-11H2,1-2H3;3-9,12-13H,10-11H2,1-2H3;;;/q;;;;;+1;-1. The Morgan fingerprint density at radius 1 is 0.396 bits per heavy atom. The van der Waals surface area contributed by atoms with E-state index in [-0.39, 0.29) is 45.2 Å². The van der Waals surface area contributed by atoms with Gasteiger partial charge in [-0.1, -0.05) is 80.6 Å². The summed E-state index contributed by atoms with van der Waals surface area (Å²) in [6.07, 6.45) is 12.9. The fourth-order valence-corrected chi connectivity index (χ4v) is 12.1. The number of ether oxygens (including phenoxy) is 4. The molecule has 0 aliphatic heterocycles. The smallest absolute Gasteiger partial charge is 1.00 e. The fourth-order valence-electron chi connectivity index (χ4n) is 12.1. The summed E-state index contributed by atoms with van der Waals surface area (Å²) in [4.78, 5) is 50.5. The minimum absolute atomic E-state index is 0. The first kappa shape index (κ1) is 80.4. The molecule has 0 bridgehead atoms. The van der Waals surface area contributed by atoms with Gasteiger partial charge in [-0.3, -0.25) is 46.8 Å². The minimum atomic E-state index is -0.506. The number of carbonyl (C=O) groups is 1. The molecule has 0 aliphatic rings. The van der Waals surface area contributed by atoms with E-state index in [0.29, 0.717) is 64.3 Å². The number of imidazole rings is 4. The molecule has 0 saturated heterocycles. The molecule has 27 nitrogen and oxygen atoms in total. The molecule has 8 heterocycles. The molecule has 0 spiro atoms. The molecular weight excluding hydrogens is 1410 g/mol. The van der Waals surface area contributed by atoms with Gasteiger partial charge in [-0.2, -0.15) is 20.4 Å². The van der Waals surface area contributed by atoms with Crippen molar-refractivity contribution in [3.63, 3.8) is 0 Å². The molecule has 0 aliphatic carbocycles. The Labute approximate surface area is 667 Å². The number of aliphatic hydroxyl groups excluding tert-OH is 1. The zero-order chi connectivity index (χ0) is 75.9. The predicted octanol–water partition coefficient (Wildman–Crippen LogP) is 10.0. The van der Waals surface area contributed by atoms with E-state index in [1.54, 1.807) is 52.3 Å². The summed E-state index contributed by atoms with van der Waals surface area (Å²) >= 11 is 0. The third-order valence-electron chi connectivity index (χ3n) is 18.5. The number of fused-ring (bicyclic) bond motifs is 4. The summed E-state index contributed by atoms with van der Waals surface area (Å²) in [6.45, 7) is 13.4. The molecule has 1 unspecified atom stereocenters. The van der Waals surface area contributed by atoms with E-state index in [9.17, 15) is 9.90 Å². The normalized spacial score (nSPS) is 11.6. The number of nitrogens with zero attached hydrogens (tertiary/aromatic N) is 21. The second kappa shape index (κ2) is 37.7. The van der Waals surface area contributed by atoms with Crippen LogP contribution in [0.15, 0.2) is 225 Å². The molecule has 111 heavy (non-hydrogen) atoms. The van der Waals surface area contributed by atoms with Crippen molar-refractivity contribution >= 4 is 64.0 Å². The molecule has 0 saturated carbocycles. The Hall–Kier alpha value is -11.6. The van der Waals surface area contributed by atoms with Crippen molar-refractivity contribution in [3.8, 4) is 22.7 Å². The summed E-state index contributed by atoms with van der Waals surface area (Å²) < 4.78 is 38.2. The Kier molecular flexibility index (Phi) is 27.3. The quantitative estimate of drug-likeness (QED) is 0.0334. The summed E-state index contributed by atoms with van der Waals surface area (Å²) in [7, 11) is 9.21. The van der Waals surface area contributed by atoms with Crippen LogP contribution < -0.4 is 29.6 Å². The van der Waals surface area contributed by atoms with E-state index < -0.39 is 6.10 Å². The first-order valence-electron chi connectivity index (χ1n) is 35.5. The largest absolute Gasteiger partial charge is 1.00 e. The molecule has 16 aromatic rings.